The average molecular weight is 275 g/mol. The number of benzene rings is 1. The van der Waals surface area contributed by atoms with Gasteiger partial charge in [0.2, 0.25) is 5.91 Å². The molecule has 20 heavy (non-hydrogen) atoms. The Kier molecular flexibility index (Phi) is 4.77. The quantitative estimate of drug-likeness (QED) is 0.830. The maximum Gasteiger partial charge on any atom is 0.323 e. The first-order chi connectivity index (χ1) is 9.58. The van der Waals surface area contributed by atoms with E-state index in [4.69, 9.17) is 5.11 Å². The van der Waals surface area contributed by atoms with Crippen LogP contribution >= 0.6 is 0 Å². The minimum atomic E-state index is -0.950. The summed E-state index contributed by atoms with van der Waals surface area (Å²) < 4.78 is 0. The Bertz CT molecular complexity index is 468. The van der Waals surface area contributed by atoms with Crippen molar-refractivity contribution in [3.8, 4) is 0 Å². The summed E-state index contributed by atoms with van der Waals surface area (Å²) in [7, 11) is 0. The lowest BCUT2D eigenvalue weighted by Crippen LogP contribution is -2.40. The summed E-state index contributed by atoms with van der Waals surface area (Å²) in [4.78, 5) is 24.8. The summed E-state index contributed by atoms with van der Waals surface area (Å²) in [6, 6.07) is 9.83. The van der Waals surface area contributed by atoms with Gasteiger partial charge in [0.15, 0.2) is 0 Å². The van der Waals surface area contributed by atoms with Gasteiger partial charge in [0, 0.05) is 12.5 Å². The number of carbonyl (C=O) groups excluding carboxylic acids is 1. The Morgan fingerprint density at radius 2 is 1.95 bits per heavy atom. The molecule has 0 aromatic heterocycles. The molecule has 1 amide bonds. The molecule has 1 aliphatic carbocycles. The average Bonchev–Trinajstić information content (AvgIpc) is 3.27. The summed E-state index contributed by atoms with van der Waals surface area (Å²) in [6.45, 7) is 2.17. The van der Waals surface area contributed by atoms with Gasteiger partial charge >= 0.3 is 5.97 Å². The molecule has 1 aliphatic rings. The van der Waals surface area contributed by atoms with E-state index in [0.717, 1.165) is 18.4 Å². The predicted octanol–water partition coefficient (Wildman–Crippen LogP) is 2.19. The van der Waals surface area contributed by atoms with Crippen molar-refractivity contribution in [2.75, 3.05) is 13.1 Å². The number of aliphatic carboxylic acids is 1. The molecule has 0 spiro atoms. The molecule has 1 unspecified atom stereocenters. The largest absolute Gasteiger partial charge is 0.480 e. The van der Waals surface area contributed by atoms with E-state index in [1.165, 1.54) is 4.90 Å². The topological polar surface area (TPSA) is 57.6 Å². The van der Waals surface area contributed by atoms with Gasteiger partial charge < -0.3 is 10.0 Å². The summed E-state index contributed by atoms with van der Waals surface area (Å²) in [6.07, 6.45) is 2.87. The zero-order valence-electron chi connectivity index (χ0n) is 11.8. The summed E-state index contributed by atoms with van der Waals surface area (Å²) in [5.41, 5.74) is 1.12. The lowest BCUT2D eigenvalue weighted by Gasteiger charge is -2.24. The Labute approximate surface area is 119 Å². The Hall–Kier alpha value is -1.84. The molecule has 108 valence electrons. The Morgan fingerprint density at radius 3 is 2.50 bits per heavy atom. The van der Waals surface area contributed by atoms with E-state index >= 15 is 0 Å². The van der Waals surface area contributed by atoms with Crippen LogP contribution in [-0.4, -0.2) is 35.0 Å². The highest BCUT2D eigenvalue weighted by atomic mass is 16.4. The van der Waals surface area contributed by atoms with Crippen LogP contribution in [0, 0.1) is 11.8 Å². The number of hydrogen-bond acceptors (Lipinski definition) is 2. The maximum atomic E-state index is 12.3. The molecule has 1 N–H and O–H groups in total. The van der Waals surface area contributed by atoms with E-state index in [0.29, 0.717) is 18.9 Å². The van der Waals surface area contributed by atoms with Gasteiger partial charge in [0.1, 0.15) is 6.54 Å². The van der Waals surface area contributed by atoms with Crippen LogP contribution in [0.4, 0.5) is 0 Å². The van der Waals surface area contributed by atoms with Crippen molar-refractivity contribution in [3.05, 3.63) is 35.9 Å². The van der Waals surface area contributed by atoms with Crippen LogP contribution in [0.5, 0.6) is 0 Å². The minimum absolute atomic E-state index is 0.0224. The number of carbonyl (C=O) groups is 2. The highest BCUT2D eigenvalue weighted by Crippen LogP contribution is 2.37. The van der Waals surface area contributed by atoms with Crippen molar-refractivity contribution in [1.82, 2.24) is 4.90 Å². The van der Waals surface area contributed by atoms with E-state index < -0.39 is 5.97 Å². The Balaban J connectivity index is 1.95. The third-order valence-corrected chi connectivity index (χ3v) is 3.87. The van der Waals surface area contributed by atoms with E-state index in [2.05, 4.69) is 0 Å². The normalized spacial score (nSPS) is 15.7. The molecular formula is C16H21NO3. The molecule has 4 heteroatoms. The fraction of sp³-hybridized carbons (Fsp3) is 0.500. The van der Waals surface area contributed by atoms with Crippen molar-refractivity contribution < 1.29 is 14.7 Å². The van der Waals surface area contributed by atoms with Crippen molar-refractivity contribution >= 4 is 11.9 Å². The van der Waals surface area contributed by atoms with Crippen molar-refractivity contribution in [2.24, 2.45) is 11.8 Å². The number of nitrogens with zero attached hydrogens (tertiary/aromatic N) is 1. The van der Waals surface area contributed by atoms with Crippen molar-refractivity contribution in [2.45, 2.75) is 26.2 Å². The number of rotatable bonds is 7. The van der Waals surface area contributed by atoms with Gasteiger partial charge in [0.25, 0.3) is 0 Å². The Morgan fingerprint density at radius 1 is 1.30 bits per heavy atom. The van der Waals surface area contributed by atoms with Crippen LogP contribution < -0.4 is 0 Å². The fourth-order valence-electron chi connectivity index (χ4n) is 2.43. The molecule has 1 aromatic rings. The predicted molar refractivity (Wildman–Crippen MR) is 76.2 cm³/mol. The lowest BCUT2D eigenvalue weighted by atomic mass is 10.0. The van der Waals surface area contributed by atoms with Gasteiger partial charge in [-0.3, -0.25) is 9.59 Å². The first-order valence-corrected chi connectivity index (χ1v) is 7.12. The lowest BCUT2D eigenvalue weighted by molar-refractivity contribution is -0.146. The molecule has 4 nitrogen and oxygen atoms in total. The van der Waals surface area contributed by atoms with Gasteiger partial charge in [-0.25, -0.2) is 0 Å². The zero-order chi connectivity index (χ0) is 14.5. The molecule has 1 atom stereocenters. The van der Waals surface area contributed by atoms with Crippen LogP contribution in [0.25, 0.3) is 0 Å². The summed E-state index contributed by atoms with van der Waals surface area (Å²) in [5, 5.41) is 8.97. The standard InChI is InChI=1S/C16H21NO3/c1-12(14-7-8-14)16(20)17(11-15(18)19)10-9-13-5-3-2-4-6-13/h2-6,12,14H,7-11H2,1H3,(H,18,19). The molecule has 0 bridgehead atoms. The van der Waals surface area contributed by atoms with Crippen LogP contribution in [0.2, 0.25) is 0 Å². The number of carboxylic acid groups (broad SMARTS) is 1. The SMILES string of the molecule is CC(C(=O)N(CCc1ccccc1)CC(=O)O)C1CC1. The second kappa shape index (κ2) is 6.55. The van der Waals surface area contributed by atoms with E-state index in [9.17, 15) is 9.59 Å². The highest BCUT2D eigenvalue weighted by Gasteiger charge is 2.35. The third-order valence-electron chi connectivity index (χ3n) is 3.87. The van der Waals surface area contributed by atoms with Crippen LogP contribution in [0.3, 0.4) is 0 Å². The molecule has 1 fully saturated rings. The molecule has 2 rings (SSSR count). The van der Waals surface area contributed by atoms with Gasteiger partial charge in [-0.05, 0) is 30.7 Å². The maximum absolute atomic E-state index is 12.3. The summed E-state index contributed by atoms with van der Waals surface area (Å²) >= 11 is 0. The minimum Gasteiger partial charge on any atom is -0.480 e. The van der Waals surface area contributed by atoms with Crippen LogP contribution in [-0.2, 0) is 16.0 Å². The van der Waals surface area contributed by atoms with Crippen LogP contribution in [0.15, 0.2) is 30.3 Å². The fourth-order valence-corrected chi connectivity index (χ4v) is 2.43. The smallest absolute Gasteiger partial charge is 0.323 e. The first kappa shape index (κ1) is 14.6. The molecular weight excluding hydrogens is 254 g/mol. The zero-order valence-corrected chi connectivity index (χ0v) is 11.8. The molecule has 0 aliphatic heterocycles. The van der Waals surface area contributed by atoms with Gasteiger partial charge in [-0.1, -0.05) is 37.3 Å². The van der Waals surface area contributed by atoms with Crippen LogP contribution in [0.1, 0.15) is 25.3 Å². The van der Waals surface area contributed by atoms with E-state index in [1.54, 1.807) is 0 Å². The van der Waals surface area contributed by atoms with Crippen molar-refractivity contribution in [1.29, 1.82) is 0 Å². The number of amides is 1. The molecule has 0 radical (unpaired) electrons. The molecule has 0 saturated heterocycles. The molecule has 1 saturated carbocycles. The highest BCUT2D eigenvalue weighted by molar-refractivity contribution is 5.83. The van der Waals surface area contributed by atoms with E-state index in [-0.39, 0.29) is 18.4 Å². The number of carboxylic acids is 1. The summed E-state index contributed by atoms with van der Waals surface area (Å²) in [5.74, 6) is -0.569. The van der Waals surface area contributed by atoms with E-state index in [1.807, 2.05) is 37.3 Å². The monoisotopic (exact) mass is 275 g/mol. The molecule has 1 aromatic carbocycles. The molecule has 0 heterocycles. The first-order valence-electron chi connectivity index (χ1n) is 7.12. The van der Waals surface area contributed by atoms with Gasteiger partial charge in [-0.2, -0.15) is 0 Å². The second-order valence-corrected chi connectivity index (χ2v) is 5.52. The van der Waals surface area contributed by atoms with Crippen molar-refractivity contribution in [3.63, 3.8) is 0 Å². The van der Waals surface area contributed by atoms with Gasteiger partial charge in [-0.15, -0.1) is 0 Å². The number of hydrogen-bond donors (Lipinski definition) is 1. The van der Waals surface area contributed by atoms with Gasteiger partial charge in [0.05, 0.1) is 0 Å². The second-order valence-electron chi connectivity index (χ2n) is 5.52. The third kappa shape index (κ3) is 4.08.